The Balaban J connectivity index is 1.56. The monoisotopic (exact) mass is 346 g/mol. The lowest BCUT2D eigenvalue weighted by molar-refractivity contribution is -0.125. The second-order valence-electron chi connectivity index (χ2n) is 7.33. The van der Waals surface area contributed by atoms with E-state index in [-0.39, 0.29) is 17.9 Å². The van der Waals surface area contributed by atoms with Gasteiger partial charge in [-0.3, -0.25) is 4.79 Å². The van der Waals surface area contributed by atoms with Gasteiger partial charge < -0.3 is 20.5 Å². The van der Waals surface area contributed by atoms with E-state index in [0.29, 0.717) is 25.7 Å². The minimum atomic E-state index is -0.439. The molecule has 2 aliphatic heterocycles. The fourth-order valence-corrected chi connectivity index (χ4v) is 3.82. The van der Waals surface area contributed by atoms with Gasteiger partial charge in [0.2, 0.25) is 5.91 Å². The third-order valence-electron chi connectivity index (χ3n) is 5.47. The molecule has 2 aliphatic rings. The highest BCUT2D eigenvalue weighted by atomic mass is 16.5. The Bertz CT molecular complexity index is 555. The van der Waals surface area contributed by atoms with Crippen molar-refractivity contribution in [1.29, 1.82) is 0 Å². The van der Waals surface area contributed by atoms with Crippen molar-refractivity contribution in [2.24, 2.45) is 17.6 Å². The van der Waals surface area contributed by atoms with E-state index < -0.39 is 6.04 Å². The van der Waals surface area contributed by atoms with Gasteiger partial charge in [0.1, 0.15) is 0 Å². The average Bonchev–Trinajstić information content (AvgIpc) is 2.67. The molecule has 0 radical (unpaired) electrons. The van der Waals surface area contributed by atoms with E-state index in [4.69, 9.17) is 15.2 Å². The number of nitrogens with two attached hydrogens (primary N) is 1. The Kier molecular flexibility index (Phi) is 6.45. The van der Waals surface area contributed by atoms with Crippen LogP contribution in [0.15, 0.2) is 24.3 Å². The molecule has 1 amide bonds. The van der Waals surface area contributed by atoms with E-state index in [1.54, 1.807) is 0 Å². The summed E-state index contributed by atoms with van der Waals surface area (Å²) in [4.78, 5) is 12.5. The van der Waals surface area contributed by atoms with Crippen LogP contribution in [0, 0.1) is 18.8 Å². The van der Waals surface area contributed by atoms with E-state index in [0.717, 1.165) is 32.3 Å². The van der Waals surface area contributed by atoms with Crippen molar-refractivity contribution in [3.63, 3.8) is 0 Å². The maximum absolute atomic E-state index is 12.5. The van der Waals surface area contributed by atoms with Crippen molar-refractivity contribution >= 4 is 5.91 Å². The molecule has 0 aromatic heterocycles. The third kappa shape index (κ3) is 4.81. The van der Waals surface area contributed by atoms with E-state index in [1.165, 1.54) is 11.1 Å². The molecule has 138 valence electrons. The smallest absolute Gasteiger partial charge is 0.237 e. The summed E-state index contributed by atoms with van der Waals surface area (Å²) < 4.78 is 11.4. The van der Waals surface area contributed by atoms with Crippen LogP contribution < -0.4 is 11.1 Å². The molecule has 5 nitrogen and oxygen atoms in total. The van der Waals surface area contributed by atoms with Crippen LogP contribution in [0.2, 0.25) is 0 Å². The first-order valence-electron chi connectivity index (χ1n) is 9.44. The van der Waals surface area contributed by atoms with Gasteiger partial charge in [0.15, 0.2) is 0 Å². The summed E-state index contributed by atoms with van der Waals surface area (Å²) in [6, 6.07) is 8.06. The molecule has 3 atom stereocenters. The predicted molar refractivity (Wildman–Crippen MR) is 97.1 cm³/mol. The van der Waals surface area contributed by atoms with Crippen molar-refractivity contribution in [2.45, 2.75) is 44.8 Å². The van der Waals surface area contributed by atoms with Crippen LogP contribution in [0.4, 0.5) is 0 Å². The highest BCUT2D eigenvalue weighted by molar-refractivity contribution is 5.81. The van der Waals surface area contributed by atoms with Crippen LogP contribution in [-0.2, 0) is 14.3 Å². The molecule has 1 aromatic carbocycles. The quantitative estimate of drug-likeness (QED) is 0.858. The molecule has 3 N–H and O–H groups in total. The van der Waals surface area contributed by atoms with Gasteiger partial charge in [-0.05, 0) is 44.1 Å². The summed E-state index contributed by atoms with van der Waals surface area (Å²) in [5, 5.41) is 3.08. The largest absolute Gasteiger partial charge is 0.381 e. The topological polar surface area (TPSA) is 73.6 Å². The van der Waals surface area contributed by atoms with Gasteiger partial charge in [0, 0.05) is 32.3 Å². The number of amides is 1. The number of nitrogens with one attached hydrogen (secondary N) is 1. The second-order valence-corrected chi connectivity index (χ2v) is 7.33. The molecule has 1 aromatic rings. The Morgan fingerprint density at radius 1 is 1.20 bits per heavy atom. The minimum absolute atomic E-state index is 0.0415. The number of hydrogen-bond acceptors (Lipinski definition) is 4. The third-order valence-corrected chi connectivity index (χ3v) is 5.47. The molecule has 2 heterocycles. The van der Waals surface area contributed by atoms with Crippen molar-refractivity contribution in [2.75, 3.05) is 26.4 Å². The molecular weight excluding hydrogens is 316 g/mol. The Labute approximate surface area is 150 Å². The molecule has 3 rings (SSSR count). The fourth-order valence-electron chi connectivity index (χ4n) is 3.82. The number of ether oxygens (including phenoxy) is 2. The van der Waals surface area contributed by atoms with Gasteiger partial charge in [-0.25, -0.2) is 0 Å². The van der Waals surface area contributed by atoms with Crippen LogP contribution in [0.5, 0.6) is 0 Å². The van der Waals surface area contributed by atoms with Crippen LogP contribution >= 0.6 is 0 Å². The zero-order valence-electron chi connectivity index (χ0n) is 15.1. The summed E-state index contributed by atoms with van der Waals surface area (Å²) in [5.41, 5.74) is 8.61. The molecule has 5 heteroatoms. The lowest BCUT2D eigenvalue weighted by Gasteiger charge is -2.33. The summed E-state index contributed by atoms with van der Waals surface area (Å²) >= 11 is 0. The van der Waals surface area contributed by atoms with Crippen molar-refractivity contribution < 1.29 is 14.3 Å². The standard InChI is InChI=1S/C20H30N2O3/c1-14-4-6-16(7-5-14)19-17(3-2-10-25-19)13-22-20(23)18(21)15-8-11-24-12-9-15/h4-7,15,17-19H,2-3,8-13,21H2,1H3,(H,22,23). The maximum atomic E-state index is 12.5. The normalized spacial score (nSPS) is 26.2. The van der Waals surface area contributed by atoms with Gasteiger partial charge >= 0.3 is 0 Å². The number of rotatable bonds is 5. The predicted octanol–water partition coefficient (Wildman–Crippen LogP) is 2.33. The molecule has 0 aliphatic carbocycles. The number of carbonyl (C=O) groups excluding carboxylic acids is 1. The maximum Gasteiger partial charge on any atom is 0.237 e. The van der Waals surface area contributed by atoms with E-state index in [9.17, 15) is 4.79 Å². The zero-order chi connectivity index (χ0) is 17.6. The van der Waals surface area contributed by atoms with Crippen molar-refractivity contribution in [3.8, 4) is 0 Å². The summed E-state index contributed by atoms with van der Waals surface area (Å²) in [7, 11) is 0. The lowest BCUT2D eigenvalue weighted by Crippen LogP contribution is -2.48. The molecule has 3 unspecified atom stereocenters. The van der Waals surface area contributed by atoms with Crippen LogP contribution in [0.1, 0.15) is 42.9 Å². The summed E-state index contributed by atoms with van der Waals surface area (Å²) in [6.07, 6.45) is 3.88. The van der Waals surface area contributed by atoms with E-state index in [2.05, 4.69) is 36.5 Å². The van der Waals surface area contributed by atoms with Crippen molar-refractivity contribution in [1.82, 2.24) is 5.32 Å². The first-order valence-corrected chi connectivity index (χ1v) is 9.44. The molecule has 0 bridgehead atoms. The van der Waals surface area contributed by atoms with E-state index in [1.807, 2.05) is 0 Å². The van der Waals surface area contributed by atoms with Crippen molar-refractivity contribution in [3.05, 3.63) is 35.4 Å². The second kappa shape index (κ2) is 8.79. The first-order chi connectivity index (χ1) is 12.1. The molecule has 25 heavy (non-hydrogen) atoms. The van der Waals surface area contributed by atoms with Crippen LogP contribution in [0.25, 0.3) is 0 Å². The minimum Gasteiger partial charge on any atom is -0.381 e. The number of carbonyl (C=O) groups is 1. The fraction of sp³-hybridized carbons (Fsp3) is 0.650. The van der Waals surface area contributed by atoms with Crippen LogP contribution in [-0.4, -0.2) is 38.3 Å². The van der Waals surface area contributed by atoms with Gasteiger partial charge in [-0.15, -0.1) is 0 Å². The average molecular weight is 346 g/mol. The van der Waals surface area contributed by atoms with Gasteiger partial charge in [0.25, 0.3) is 0 Å². The Morgan fingerprint density at radius 2 is 1.92 bits per heavy atom. The zero-order valence-corrected chi connectivity index (χ0v) is 15.1. The lowest BCUT2D eigenvalue weighted by atomic mass is 9.88. The summed E-state index contributed by atoms with van der Waals surface area (Å²) in [6.45, 7) is 4.90. The molecule has 0 saturated carbocycles. The molecule has 2 saturated heterocycles. The number of aryl methyl sites for hydroxylation is 1. The van der Waals surface area contributed by atoms with Gasteiger partial charge in [-0.2, -0.15) is 0 Å². The number of hydrogen-bond donors (Lipinski definition) is 2. The van der Waals surface area contributed by atoms with Gasteiger partial charge in [0.05, 0.1) is 12.1 Å². The molecular formula is C20H30N2O3. The van der Waals surface area contributed by atoms with Gasteiger partial charge in [-0.1, -0.05) is 29.8 Å². The summed E-state index contributed by atoms with van der Waals surface area (Å²) in [5.74, 6) is 0.478. The van der Waals surface area contributed by atoms with E-state index >= 15 is 0 Å². The Hall–Kier alpha value is -1.43. The molecule has 2 fully saturated rings. The van der Waals surface area contributed by atoms with Crippen LogP contribution in [0.3, 0.4) is 0 Å². The number of benzene rings is 1. The highest BCUT2D eigenvalue weighted by Crippen LogP contribution is 2.33. The Morgan fingerprint density at radius 3 is 2.64 bits per heavy atom. The highest BCUT2D eigenvalue weighted by Gasteiger charge is 2.30. The first kappa shape index (κ1) is 18.4. The SMILES string of the molecule is Cc1ccc(C2OCCCC2CNC(=O)C(N)C2CCOCC2)cc1. The molecule has 0 spiro atoms.